The first-order valence-electron chi connectivity index (χ1n) is 11.4. The summed E-state index contributed by atoms with van der Waals surface area (Å²) in [6, 6.07) is 30.4. The van der Waals surface area contributed by atoms with Crippen molar-refractivity contribution in [1.82, 2.24) is 10.2 Å². The van der Waals surface area contributed by atoms with Crippen LogP contribution >= 0.6 is 15.9 Å². The number of halogens is 1. The first-order chi connectivity index (χ1) is 17.0. The van der Waals surface area contributed by atoms with Crippen molar-refractivity contribution in [2.24, 2.45) is 0 Å². The number of fused-ring (bicyclic) bond motifs is 1. The molecule has 0 aromatic heterocycles. The van der Waals surface area contributed by atoms with Gasteiger partial charge in [0.2, 0.25) is 5.91 Å². The number of carbonyl (C=O) groups is 2. The molecule has 0 aliphatic carbocycles. The number of hydrogen-bond acceptors (Lipinski definition) is 3. The van der Waals surface area contributed by atoms with E-state index in [-0.39, 0.29) is 25.0 Å². The Bertz CT molecular complexity index is 1290. The van der Waals surface area contributed by atoms with Crippen LogP contribution in [-0.4, -0.2) is 36.4 Å². The maximum Gasteiger partial charge on any atom is 0.261 e. The fourth-order valence-corrected chi connectivity index (χ4v) is 4.32. The van der Waals surface area contributed by atoms with E-state index in [9.17, 15) is 9.59 Å². The van der Waals surface area contributed by atoms with Crippen molar-refractivity contribution in [1.29, 1.82) is 0 Å². The van der Waals surface area contributed by atoms with Crippen molar-refractivity contribution in [2.75, 3.05) is 13.7 Å². The summed E-state index contributed by atoms with van der Waals surface area (Å²) in [5, 5.41) is 4.71. The third kappa shape index (κ3) is 6.28. The smallest absolute Gasteiger partial charge is 0.261 e. The molecule has 0 bridgehead atoms. The second-order valence-corrected chi connectivity index (χ2v) is 9.15. The molecule has 0 aliphatic heterocycles. The Balaban J connectivity index is 1.61. The van der Waals surface area contributed by atoms with Crippen molar-refractivity contribution in [3.63, 3.8) is 0 Å². The molecule has 5 nitrogen and oxygen atoms in total. The van der Waals surface area contributed by atoms with Gasteiger partial charge in [-0.25, -0.2) is 0 Å². The lowest BCUT2D eigenvalue weighted by molar-refractivity contribution is -0.142. The third-order valence-electron chi connectivity index (χ3n) is 5.88. The van der Waals surface area contributed by atoms with Crippen molar-refractivity contribution in [3.05, 3.63) is 113 Å². The highest BCUT2D eigenvalue weighted by atomic mass is 79.9. The molecule has 0 heterocycles. The molecule has 1 unspecified atom stereocenters. The van der Waals surface area contributed by atoms with Gasteiger partial charge in [-0.15, -0.1) is 0 Å². The van der Waals surface area contributed by atoms with E-state index in [2.05, 4.69) is 21.2 Å². The molecule has 1 atom stereocenters. The minimum Gasteiger partial charge on any atom is -0.483 e. The lowest BCUT2D eigenvalue weighted by Crippen LogP contribution is -2.51. The SMILES string of the molecule is CNC(=O)C(Cc1ccccc1)N(Cc1ccc(Br)cc1)C(=O)COc1cccc2ccccc12. The highest BCUT2D eigenvalue weighted by molar-refractivity contribution is 9.10. The monoisotopic (exact) mass is 530 g/mol. The highest BCUT2D eigenvalue weighted by Gasteiger charge is 2.30. The number of rotatable bonds is 9. The van der Waals surface area contributed by atoms with Crippen LogP contribution in [0.4, 0.5) is 0 Å². The van der Waals surface area contributed by atoms with Gasteiger partial charge in [-0.3, -0.25) is 9.59 Å². The van der Waals surface area contributed by atoms with Crippen LogP contribution < -0.4 is 10.1 Å². The lowest BCUT2D eigenvalue weighted by Gasteiger charge is -2.31. The summed E-state index contributed by atoms with van der Waals surface area (Å²) in [4.78, 5) is 28.2. The molecule has 0 radical (unpaired) electrons. The van der Waals surface area contributed by atoms with Gasteiger partial charge in [0.15, 0.2) is 6.61 Å². The van der Waals surface area contributed by atoms with E-state index in [1.54, 1.807) is 11.9 Å². The van der Waals surface area contributed by atoms with Crippen LogP contribution in [0.3, 0.4) is 0 Å². The topological polar surface area (TPSA) is 58.6 Å². The Morgan fingerprint density at radius 1 is 0.857 bits per heavy atom. The number of likely N-dealkylation sites (N-methyl/N-ethyl adjacent to an activating group) is 1. The molecule has 0 saturated heterocycles. The fraction of sp³-hybridized carbons (Fsp3) is 0.172. The molecule has 4 aromatic carbocycles. The van der Waals surface area contributed by atoms with Crippen LogP contribution in [0.2, 0.25) is 0 Å². The zero-order valence-electron chi connectivity index (χ0n) is 19.5. The molecule has 1 N–H and O–H groups in total. The number of nitrogens with zero attached hydrogens (tertiary/aromatic N) is 1. The summed E-state index contributed by atoms with van der Waals surface area (Å²) in [6.07, 6.45) is 0.400. The Morgan fingerprint density at radius 3 is 2.29 bits per heavy atom. The maximum atomic E-state index is 13.6. The molecule has 0 saturated carbocycles. The van der Waals surface area contributed by atoms with Gasteiger partial charge < -0.3 is 15.0 Å². The summed E-state index contributed by atoms with van der Waals surface area (Å²) in [7, 11) is 1.59. The van der Waals surface area contributed by atoms with Crippen molar-refractivity contribution >= 4 is 38.5 Å². The van der Waals surface area contributed by atoms with Gasteiger partial charge in [0, 0.05) is 29.9 Å². The number of hydrogen-bond donors (Lipinski definition) is 1. The molecule has 2 amide bonds. The summed E-state index contributed by atoms with van der Waals surface area (Å²) in [5.74, 6) is 0.162. The van der Waals surface area contributed by atoms with Crippen molar-refractivity contribution < 1.29 is 14.3 Å². The van der Waals surface area contributed by atoms with E-state index >= 15 is 0 Å². The summed E-state index contributed by atoms with van der Waals surface area (Å²) < 4.78 is 6.95. The molecule has 0 aliphatic rings. The predicted octanol–water partition coefficient (Wildman–Crippen LogP) is 5.37. The highest BCUT2D eigenvalue weighted by Crippen LogP contribution is 2.25. The second-order valence-electron chi connectivity index (χ2n) is 8.23. The third-order valence-corrected chi connectivity index (χ3v) is 6.41. The number of benzene rings is 4. The lowest BCUT2D eigenvalue weighted by atomic mass is 10.0. The second kappa shape index (κ2) is 11.7. The minimum absolute atomic E-state index is 0.174. The van der Waals surface area contributed by atoms with Gasteiger partial charge in [-0.05, 0) is 34.7 Å². The molecule has 0 fully saturated rings. The van der Waals surface area contributed by atoms with Gasteiger partial charge in [0.25, 0.3) is 5.91 Å². The normalized spacial score (nSPS) is 11.6. The van der Waals surface area contributed by atoms with Crippen LogP contribution in [0, 0.1) is 0 Å². The largest absolute Gasteiger partial charge is 0.483 e. The molecule has 0 spiro atoms. The number of amides is 2. The van der Waals surface area contributed by atoms with Crippen LogP contribution in [0.5, 0.6) is 5.75 Å². The Kier molecular flexibility index (Phi) is 8.16. The van der Waals surface area contributed by atoms with E-state index < -0.39 is 6.04 Å². The molecule has 4 rings (SSSR count). The first kappa shape index (κ1) is 24.5. The van der Waals surface area contributed by atoms with Crippen LogP contribution in [-0.2, 0) is 22.6 Å². The molecule has 4 aromatic rings. The standard InChI is InChI=1S/C29H27BrN2O3/c1-31-29(34)26(18-21-8-3-2-4-9-21)32(19-22-14-16-24(30)17-15-22)28(33)20-35-27-13-7-11-23-10-5-6-12-25(23)27/h2-17,26H,18-20H2,1H3,(H,31,34). The maximum absolute atomic E-state index is 13.6. The van der Waals surface area contributed by atoms with E-state index in [0.29, 0.717) is 12.2 Å². The van der Waals surface area contributed by atoms with E-state index in [1.165, 1.54) is 0 Å². The predicted molar refractivity (Wildman–Crippen MR) is 142 cm³/mol. The minimum atomic E-state index is -0.685. The Labute approximate surface area is 213 Å². The Hall–Kier alpha value is -3.64. The van der Waals surface area contributed by atoms with Crippen LogP contribution in [0.1, 0.15) is 11.1 Å². The van der Waals surface area contributed by atoms with Crippen LogP contribution in [0.25, 0.3) is 10.8 Å². The van der Waals surface area contributed by atoms with Crippen molar-refractivity contribution in [3.8, 4) is 5.75 Å². The van der Waals surface area contributed by atoms with Crippen LogP contribution in [0.15, 0.2) is 102 Å². The summed E-state index contributed by atoms with van der Waals surface area (Å²) in [6.45, 7) is 0.114. The van der Waals surface area contributed by atoms with Gasteiger partial charge in [0.05, 0.1) is 0 Å². The molecule has 178 valence electrons. The molecular formula is C29H27BrN2O3. The van der Waals surface area contributed by atoms with Gasteiger partial charge in [0.1, 0.15) is 11.8 Å². The summed E-state index contributed by atoms with van der Waals surface area (Å²) in [5.41, 5.74) is 1.90. The quantitative estimate of drug-likeness (QED) is 0.316. The molecule has 6 heteroatoms. The van der Waals surface area contributed by atoms with E-state index in [1.807, 2.05) is 97.1 Å². The Morgan fingerprint density at radius 2 is 1.54 bits per heavy atom. The van der Waals surface area contributed by atoms with Gasteiger partial charge >= 0.3 is 0 Å². The number of nitrogens with one attached hydrogen (secondary N) is 1. The molecular weight excluding hydrogens is 504 g/mol. The zero-order chi connectivity index (χ0) is 24.6. The van der Waals surface area contributed by atoms with E-state index in [0.717, 1.165) is 26.4 Å². The van der Waals surface area contributed by atoms with Gasteiger partial charge in [-0.2, -0.15) is 0 Å². The molecule has 35 heavy (non-hydrogen) atoms. The average molecular weight is 531 g/mol. The number of carbonyl (C=O) groups excluding carboxylic acids is 2. The van der Waals surface area contributed by atoms with E-state index in [4.69, 9.17) is 4.74 Å². The first-order valence-corrected chi connectivity index (χ1v) is 12.2. The fourth-order valence-electron chi connectivity index (χ4n) is 4.05. The zero-order valence-corrected chi connectivity index (χ0v) is 21.1. The van der Waals surface area contributed by atoms with Crippen molar-refractivity contribution in [2.45, 2.75) is 19.0 Å². The number of ether oxygens (including phenoxy) is 1. The summed E-state index contributed by atoms with van der Waals surface area (Å²) >= 11 is 3.45. The average Bonchev–Trinajstić information content (AvgIpc) is 2.90. The van der Waals surface area contributed by atoms with Gasteiger partial charge in [-0.1, -0.05) is 94.8 Å².